The SMILES string of the molecule is C=C/C=C(\C(=N)/C=C\C)N(C(C)=O)C1CC2CCCC(C1)N2CCC1CCCC(CC)C1. The van der Waals surface area contributed by atoms with Crippen LogP contribution < -0.4 is 0 Å². The fourth-order valence-electron chi connectivity index (χ4n) is 6.68. The molecule has 4 unspecified atom stereocenters. The van der Waals surface area contributed by atoms with Crippen LogP contribution in [0.1, 0.15) is 91.4 Å². The van der Waals surface area contributed by atoms with Crippen LogP contribution in [0, 0.1) is 17.2 Å². The summed E-state index contributed by atoms with van der Waals surface area (Å²) < 4.78 is 0. The van der Waals surface area contributed by atoms with Crippen molar-refractivity contribution in [1.29, 1.82) is 5.41 Å². The first-order valence-electron chi connectivity index (χ1n) is 13.1. The largest absolute Gasteiger partial charge is 0.307 e. The van der Waals surface area contributed by atoms with E-state index >= 15 is 0 Å². The number of nitrogens with zero attached hydrogens (tertiary/aromatic N) is 2. The summed E-state index contributed by atoms with van der Waals surface area (Å²) in [6, 6.07) is 1.32. The molecule has 4 nitrogen and oxygen atoms in total. The molecule has 4 heteroatoms. The Labute approximate surface area is 196 Å². The Morgan fingerprint density at radius 2 is 1.75 bits per heavy atom. The number of piperidine rings is 2. The third kappa shape index (κ3) is 6.01. The van der Waals surface area contributed by atoms with Crippen LogP contribution >= 0.6 is 0 Å². The van der Waals surface area contributed by atoms with Crippen LogP contribution in [0.5, 0.6) is 0 Å². The van der Waals surface area contributed by atoms with Crippen LogP contribution in [0.4, 0.5) is 0 Å². The fraction of sp³-hybridized carbons (Fsp3) is 0.714. The van der Waals surface area contributed by atoms with Crippen molar-refractivity contribution in [2.45, 2.75) is 110 Å². The van der Waals surface area contributed by atoms with E-state index in [1.54, 1.807) is 19.1 Å². The molecule has 1 amide bonds. The molecule has 3 rings (SSSR count). The van der Waals surface area contributed by atoms with E-state index in [2.05, 4.69) is 18.4 Å². The third-order valence-electron chi connectivity index (χ3n) is 8.21. The highest BCUT2D eigenvalue weighted by Gasteiger charge is 2.41. The lowest BCUT2D eigenvalue weighted by Crippen LogP contribution is -2.58. The molecule has 4 atom stereocenters. The van der Waals surface area contributed by atoms with Gasteiger partial charge in [0, 0.05) is 25.0 Å². The van der Waals surface area contributed by atoms with E-state index in [4.69, 9.17) is 5.41 Å². The number of carbonyl (C=O) groups excluding carboxylic acids is 1. The zero-order chi connectivity index (χ0) is 23.1. The lowest BCUT2D eigenvalue weighted by Gasteiger charge is -2.51. The second-order valence-corrected chi connectivity index (χ2v) is 10.3. The zero-order valence-electron chi connectivity index (χ0n) is 20.7. The van der Waals surface area contributed by atoms with Crippen molar-refractivity contribution in [1.82, 2.24) is 9.80 Å². The Hall–Kier alpha value is -1.68. The summed E-state index contributed by atoms with van der Waals surface area (Å²) in [7, 11) is 0. The zero-order valence-corrected chi connectivity index (χ0v) is 20.7. The molecule has 178 valence electrons. The number of nitrogens with one attached hydrogen (secondary N) is 1. The van der Waals surface area contributed by atoms with Crippen LogP contribution in [0.15, 0.2) is 36.6 Å². The van der Waals surface area contributed by atoms with E-state index in [9.17, 15) is 4.79 Å². The van der Waals surface area contributed by atoms with Crippen molar-refractivity contribution in [2.24, 2.45) is 11.8 Å². The van der Waals surface area contributed by atoms with Crippen LogP contribution in [-0.2, 0) is 4.79 Å². The van der Waals surface area contributed by atoms with E-state index in [-0.39, 0.29) is 11.9 Å². The summed E-state index contributed by atoms with van der Waals surface area (Å²) in [5.41, 5.74) is 1.08. The molecular formula is C28H45N3O. The normalized spacial score (nSPS) is 31.5. The molecule has 3 fully saturated rings. The highest BCUT2D eigenvalue weighted by molar-refractivity contribution is 6.08. The van der Waals surface area contributed by atoms with Gasteiger partial charge in [0.25, 0.3) is 0 Å². The molecule has 0 radical (unpaired) electrons. The van der Waals surface area contributed by atoms with Gasteiger partial charge in [0.05, 0.1) is 11.4 Å². The summed E-state index contributed by atoms with van der Waals surface area (Å²) in [6.07, 6.45) is 21.4. The molecule has 0 spiro atoms. The minimum Gasteiger partial charge on any atom is -0.307 e. The maximum absolute atomic E-state index is 12.8. The van der Waals surface area contributed by atoms with Gasteiger partial charge in [-0.3, -0.25) is 15.1 Å². The van der Waals surface area contributed by atoms with E-state index < -0.39 is 0 Å². The Morgan fingerprint density at radius 1 is 1.09 bits per heavy atom. The molecule has 1 saturated carbocycles. The maximum Gasteiger partial charge on any atom is 0.224 e. The minimum atomic E-state index is 0.0386. The molecule has 3 aliphatic rings. The minimum absolute atomic E-state index is 0.0386. The lowest BCUT2D eigenvalue weighted by atomic mass is 9.77. The van der Waals surface area contributed by atoms with E-state index in [0.29, 0.717) is 23.5 Å². The smallest absolute Gasteiger partial charge is 0.224 e. The fourth-order valence-corrected chi connectivity index (χ4v) is 6.68. The van der Waals surface area contributed by atoms with Crippen molar-refractivity contribution in [3.05, 3.63) is 36.6 Å². The van der Waals surface area contributed by atoms with E-state index in [0.717, 1.165) is 24.7 Å². The topological polar surface area (TPSA) is 47.4 Å². The molecular weight excluding hydrogens is 394 g/mol. The predicted octanol–water partition coefficient (Wildman–Crippen LogP) is 6.49. The molecule has 32 heavy (non-hydrogen) atoms. The molecule has 2 saturated heterocycles. The van der Waals surface area contributed by atoms with Crippen molar-refractivity contribution in [3.63, 3.8) is 0 Å². The summed E-state index contributed by atoms with van der Waals surface area (Å²) in [5, 5.41) is 8.50. The molecule has 0 aromatic heterocycles. The Kier molecular flexibility index (Phi) is 9.34. The molecule has 0 aromatic carbocycles. The van der Waals surface area contributed by atoms with E-state index in [1.807, 2.05) is 24.0 Å². The second-order valence-electron chi connectivity index (χ2n) is 10.3. The predicted molar refractivity (Wildman–Crippen MR) is 135 cm³/mol. The van der Waals surface area contributed by atoms with Crippen LogP contribution in [-0.4, -0.2) is 46.1 Å². The van der Waals surface area contributed by atoms with Gasteiger partial charge in [0.2, 0.25) is 5.91 Å². The number of carbonyl (C=O) groups is 1. The average molecular weight is 440 g/mol. The summed E-state index contributed by atoms with van der Waals surface area (Å²) in [6.45, 7) is 11.0. The molecule has 2 aliphatic heterocycles. The third-order valence-corrected chi connectivity index (χ3v) is 8.21. The van der Waals surface area contributed by atoms with Gasteiger partial charge in [0.15, 0.2) is 0 Å². The van der Waals surface area contributed by atoms with Gasteiger partial charge in [-0.25, -0.2) is 0 Å². The first-order chi connectivity index (χ1) is 15.5. The molecule has 1 aliphatic carbocycles. The quantitative estimate of drug-likeness (QED) is 0.329. The van der Waals surface area contributed by atoms with Gasteiger partial charge >= 0.3 is 0 Å². The number of hydrogen-bond donors (Lipinski definition) is 1. The Bertz CT molecular complexity index is 710. The van der Waals surface area contributed by atoms with Crippen molar-refractivity contribution in [3.8, 4) is 0 Å². The molecule has 0 aromatic rings. The Balaban J connectivity index is 1.70. The van der Waals surface area contributed by atoms with E-state index in [1.165, 1.54) is 64.3 Å². The number of amides is 1. The average Bonchev–Trinajstić information content (AvgIpc) is 2.77. The van der Waals surface area contributed by atoms with Gasteiger partial charge in [-0.15, -0.1) is 0 Å². The van der Waals surface area contributed by atoms with Gasteiger partial charge in [-0.1, -0.05) is 57.8 Å². The molecule has 2 heterocycles. The van der Waals surface area contributed by atoms with Crippen LogP contribution in [0.2, 0.25) is 0 Å². The number of hydrogen-bond acceptors (Lipinski definition) is 3. The number of fused-ring (bicyclic) bond motifs is 2. The highest BCUT2D eigenvalue weighted by Crippen LogP contribution is 2.39. The Morgan fingerprint density at radius 3 is 2.34 bits per heavy atom. The maximum atomic E-state index is 12.8. The number of allylic oxidation sites excluding steroid dienone is 4. The second kappa shape index (κ2) is 12.0. The van der Waals surface area contributed by atoms with Crippen molar-refractivity contribution >= 4 is 11.6 Å². The first kappa shape index (κ1) is 25.0. The molecule has 2 bridgehead atoms. The summed E-state index contributed by atoms with van der Waals surface area (Å²) in [4.78, 5) is 17.5. The van der Waals surface area contributed by atoms with Gasteiger partial charge in [-0.2, -0.15) is 0 Å². The standard InChI is InChI=1S/C28H45N3O/c1-5-10-27(29)28(11-6-2)31(21(4)32)26-19-24-14-9-15-25(20-26)30(24)17-16-23-13-8-12-22(7-3)18-23/h5-6,10-11,22-26,29H,2,7-9,12-20H2,1,3-4H3/b10-5-,28-11+,29-27?. The highest BCUT2D eigenvalue weighted by atomic mass is 16.2. The first-order valence-corrected chi connectivity index (χ1v) is 13.1. The van der Waals surface area contributed by atoms with Crippen molar-refractivity contribution < 1.29 is 4.79 Å². The lowest BCUT2D eigenvalue weighted by molar-refractivity contribution is -0.130. The van der Waals surface area contributed by atoms with Crippen LogP contribution in [0.25, 0.3) is 0 Å². The van der Waals surface area contributed by atoms with Crippen molar-refractivity contribution in [2.75, 3.05) is 6.54 Å². The van der Waals surface area contributed by atoms with Gasteiger partial charge < -0.3 is 4.90 Å². The van der Waals surface area contributed by atoms with Gasteiger partial charge in [0.1, 0.15) is 0 Å². The monoisotopic (exact) mass is 439 g/mol. The summed E-state index contributed by atoms with van der Waals surface area (Å²) >= 11 is 0. The van der Waals surface area contributed by atoms with Crippen LogP contribution in [0.3, 0.4) is 0 Å². The molecule has 1 N–H and O–H groups in total. The van der Waals surface area contributed by atoms with Gasteiger partial charge in [-0.05, 0) is 76.0 Å². The number of rotatable bonds is 9. The summed E-state index contributed by atoms with van der Waals surface area (Å²) in [5.74, 6) is 1.90.